The van der Waals surface area contributed by atoms with Crippen LogP contribution >= 0.6 is 0 Å². The van der Waals surface area contributed by atoms with Crippen molar-refractivity contribution in [1.82, 2.24) is 16.2 Å². The predicted molar refractivity (Wildman–Crippen MR) is 93.5 cm³/mol. The predicted octanol–water partition coefficient (Wildman–Crippen LogP) is 0.584. The molecule has 24 heavy (non-hydrogen) atoms. The normalized spacial score (nSPS) is 10.3. The number of aryl methyl sites for hydroxylation is 2. The van der Waals surface area contributed by atoms with Crippen LogP contribution < -0.4 is 21.1 Å². The fourth-order valence-electron chi connectivity index (χ4n) is 2.22. The molecule has 0 heterocycles. The zero-order chi connectivity index (χ0) is 18.4. The number of carbonyl (C=O) groups excluding carboxylic acids is 3. The zero-order valence-electron chi connectivity index (χ0n) is 15.1. The van der Waals surface area contributed by atoms with Crippen LogP contribution in [0.1, 0.15) is 30.5 Å². The number of hydrogen-bond acceptors (Lipinski definition) is 4. The molecule has 1 aromatic rings. The monoisotopic (exact) mass is 334 g/mol. The smallest absolute Gasteiger partial charge is 0.327 e. The van der Waals surface area contributed by atoms with Crippen molar-refractivity contribution in [1.29, 1.82) is 0 Å². The van der Waals surface area contributed by atoms with E-state index in [2.05, 4.69) is 16.2 Å². The van der Waals surface area contributed by atoms with E-state index in [1.807, 2.05) is 45.0 Å². The third-order valence-electron chi connectivity index (χ3n) is 3.48. The maximum absolute atomic E-state index is 12.0. The van der Waals surface area contributed by atoms with Crippen LogP contribution in [0.15, 0.2) is 12.1 Å². The van der Waals surface area contributed by atoms with Crippen LogP contribution in [-0.4, -0.2) is 37.9 Å². The number of hydrogen-bond donors (Lipinski definition) is 3. The van der Waals surface area contributed by atoms with Crippen molar-refractivity contribution in [3.05, 3.63) is 28.8 Å². The number of hydrazine groups is 1. The van der Waals surface area contributed by atoms with E-state index in [9.17, 15) is 14.4 Å². The lowest BCUT2D eigenvalue weighted by atomic mass is 9.98. The minimum atomic E-state index is -0.895. The SMILES string of the molecule is Cc1cc(N(C)C)cc(C)c1CC(=O)NNC(=O)C(=O)NC(C)C. The third-order valence-corrected chi connectivity index (χ3v) is 3.48. The molecule has 0 aliphatic rings. The summed E-state index contributed by atoms with van der Waals surface area (Å²) in [6.07, 6.45) is 0.122. The van der Waals surface area contributed by atoms with E-state index in [1.54, 1.807) is 13.8 Å². The van der Waals surface area contributed by atoms with E-state index >= 15 is 0 Å². The average Bonchev–Trinajstić information content (AvgIpc) is 2.47. The molecule has 0 saturated carbocycles. The van der Waals surface area contributed by atoms with Crippen molar-refractivity contribution >= 4 is 23.4 Å². The van der Waals surface area contributed by atoms with Gasteiger partial charge in [0.2, 0.25) is 5.91 Å². The molecule has 0 radical (unpaired) electrons. The Morgan fingerprint density at radius 1 is 1.00 bits per heavy atom. The average molecular weight is 334 g/mol. The Kier molecular flexibility index (Phi) is 6.76. The Morgan fingerprint density at radius 3 is 2.00 bits per heavy atom. The molecule has 7 heteroatoms. The van der Waals surface area contributed by atoms with Crippen LogP contribution in [0.2, 0.25) is 0 Å². The molecule has 0 spiro atoms. The third kappa shape index (κ3) is 5.57. The summed E-state index contributed by atoms with van der Waals surface area (Å²) in [4.78, 5) is 37.0. The number of carbonyl (C=O) groups is 3. The second kappa shape index (κ2) is 8.33. The summed E-state index contributed by atoms with van der Waals surface area (Å²) < 4.78 is 0. The lowest BCUT2D eigenvalue weighted by Gasteiger charge is -2.17. The molecule has 0 atom stereocenters. The minimum Gasteiger partial charge on any atom is -0.378 e. The summed E-state index contributed by atoms with van der Waals surface area (Å²) in [6.45, 7) is 7.37. The molecular formula is C17H26N4O3. The van der Waals surface area contributed by atoms with Gasteiger partial charge in [-0.3, -0.25) is 25.2 Å². The first-order valence-corrected chi connectivity index (χ1v) is 7.79. The fourth-order valence-corrected chi connectivity index (χ4v) is 2.22. The van der Waals surface area contributed by atoms with E-state index in [0.29, 0.717) is 0 Å². The lowest BCUT2D eigenvalue weighted by Crippen LogP contribution is -2.50. The maximum atomic E-state index is 12.0. The van der Waals surface area contributed by atoms with Crippen molar-refractivity contribution in [3.8, 4) is 0 Å². The van der Waals surface area contributed by atoms with Gasteiger partial charge in [0, 0.05) is 25.8 Å². The Balaban J connectivity index is 2.66. The molecule has 3 N–H and O–H groups in total. The molecule has 0 unspecified atom stereocenters. The molecule has 0 aliphatic carbocycles. The van der Waals surface area contributed by atoms with Crippen LogP contribution in [0.3, 0.4) is 0 Å². The second-order valence-corrected chi connectivity index (χ2v) is 6.26. The molecule has 0 aromatic heterocycles. The lowest BCUT2D eigenvalue weighted by molar-refractivity contribution is -0.141. The van der Waals surface area contributed by atoms with Crippen molar-refractivity contribution < 1.29 is 14.4 Å². The molecule has 0 fully saturated rings. The molecular weight excluding hydrogens is 308 g/mol. The summed E-state index contributed by atoms with van der Waals surface area (Å²) >= 11 is 0. The van der Waals surface area contributed by atoms with Gasteiger partial charge in [-0.2, -0.15) is 0 Å². The Bertz CT molecular complexity index is 616. The summed E-state index contributed by atoms with van der Waals surface area (Å²) in [5.74, 6) is -2.06. The van der Waals surface area contributed by atoms with Gasteiger partial charge < -0.3 is 10.2 Å². The van der Waals surface area contributed by atoms with E-state index in [0.717, 1.165) is 22.4 Å². The highest BCUT2D eigenvalue weighted by atomic mass is 16.2. The van der Waals surface area contributed by atoms with Crippen LogP contribution in [0, 0.1) is 13.8 Å². The van der Waals surface area contributed by atoms with Gasteiger partial charge >= 0.3 is 11.8 Å². The first kappa shape index (κ1) is 19.5. The zero-order valence-corrected chi connectivity index (χ0v) is 15.1. The molecule has 0 bridgehead atoms. The topological polar surface area (TPSA) is 90.5 Å². The highest BCUT2D eigenvalue weighted by molar-refractivity contribution is 6.35. The summed E-state index contributed by atoms with van der Waals surface area (Å²) in [7, 11) is 3.91. The highest BCUT2D eigenvalue weighted by Crippen LogP contribution is 2.22. The summed E-state index contributed by atoms with van der Waals surface area (Å²) in [6, 6.07) is 3.86. The van der Waals surface area contributed by atoms with Gasteiger partial charge in [0.25, 0.3) is 0 Å². The quantitative estimate of drug-likeness (QED) is 0.555. The number of rotatable bonds is 4. The van der Waals surface area contributed by atoms with Gasteiger partial charge in [-0.1, -0.05) is 0 Å². The van der Waals surface area contributed by atoms with E-state index in [-0.39, 0.29) is 18.4 Å². The fraction of sp³-hybridized carbons (Fsp3) is 0.471. The summed E-state index contributed by atoms with van der Waals surface area (Å²) in [5, 5.41) is 2.44. The van der Waals surface area contributed by atoms with Crippen molar-refractivity contribution in [2.75, 3.05) is 19.0 Å². The Morgan fingerprint density at radius 2 is 1.54 bits per heavy atom. The number of amides is 3. The highest BCUT2D eigenvalue weighted by Gasteiger charge is 2.16. The second-order valence-electron chi connectivity index (χ2n) is 6.26. The molecule has 0 saturated heterocycles. The Labute approximate surface area is 142 Å². The van der Waals surface area contributed by atoms with Gasteiger partial charge in [-0.15, -0.1) is 0 Å². The van der Waals surface area contributed by atoms with E-state index in [1.165, 1.54) is 0 Å². The maximum Gasteiger partial charge on any atom is 0.327 e. The minimum absolute atomic E-state index is 0.122. The van der Waals surface area contributed by atoms with E-state index < -0.39 is 11.8 Å². The molecule has 3 amide bonds. The first-order valence-electron chi connectivity index (χ1n) is 7.79. The van der Waals surface area contributed by atoms with E-state index in [4.69, 9.17) is 0 Å². The number of anilines is 1. The van der Waals surface area contributed by atoms with Crippen LogP contribution in [0.4, 0.5) is 5.69 Å². The van der Waals surface area contributed by atoms with Gasteiger partial charge in [-0.05, 0) is 56.5 Å². The standard InChI is InChI=1S/C17H26N4O3/c1-10(2)18-16(23)17(24)20-19-15(22)9-14-11(3)7-13(21(5)6)8-12(14)4/h7-8,10H,9H2,1-6H3,(H,18,23)(H,19,22)(H,20,24). The van der Waals surface area contributed by atoms with Gasteiger partial charge in [0.15, 0.2) is 0 Å². The van der Waals surface area contributed by atoms with Crippen LogP contribution in [-0.2, 0) is 20.8 Å². The van der Waals surface area contributed by atoms with Crippen LogP contribution in [0.5, 0.6) is 0 Å². The molecule has 1 rings (SSSR count). The molecule has 7 nitrogen and oxygen atoms in total. The summed E-state index contributed by atoms with van der Waals surface area (Å²) in [5.41, 5.74) is 8.35. The van der Waals surface area contributed by atoms with Gasteiger partial charge in [0.1, 0.15) is 0 Å². The first-order chi connectivity index (χ1) is 11.1. The largest absolute Gasteiger partial charge is 0.378 e. The van der Waals surface area contributed by atoms with Crippen molar-refractivity contribution in [3.63, 3.8) is 0 Å². The number of benzene rings is 1. The number of nitrogens with one attached hydrogen (secondary N) is 3. The van der Waals surface area contributed by atoms with Gasteiger partial charge in [-0.25, -0.2) is 0 Å². The van der Waals surface area contributed by atoms with Crippen molar-refractivity contribution in [2.45, 2.75) is 40.2 Å². The molecule has 132 valence electrons. The molecule has 0 aliphatic heterocycles. The number of nitrogens with zero attached hydrogens (tertiary/aromatic N) is 1. The van der Waals surface area contributed by atoms with Crippen LogP contribution in [0.25, 0.3) is 0 Å². The van der Waals surface area contributed by atoms with Crippen molar-refractivity contribution in [2.24, 2.45) is 0 Å². The van der Waals surface area contributed by atoms with Gasteiger partial charge in [0.05, 0.1) is 6.42 Å². The molecule has 1 aromatic carbocycles. The Hall–Kier alpha value is -2.57.